The number of hydrogen-bond donors (Lipinski definition) is 3. The molecule has 1 heterocycles. The molecule has 0 aliphatic carbocycles. The SMILES string of the molecule is CNCC(C)C(=O)NCCC(=O)Nc1ccncc1.Cl.Cl. The first kappa shape index (κ1) is 21.9. The molecule has 0 spiro atoms. The van der Waals surface area contributed by atoms with E-state index < -0.39 is 0 Å². The molecule has 1 aromatic rings. The molecule has 0 saturated carbocycles. The zero-order chi connectivity index (χ0) is 14.1. The number of nitrogens with zero attached hydrogens (tertiary/aromatic N) is 1. The Morgan fingerprint density at radius 1 is 1.24 bits per heavy atom. The Labute approximate surface area is 137 Å². The van der Waals surface area contributed by atoms with Gasteiger partial charge in [0.2, 0.25) is 11.8 Å². The van der Waals surface area contributed by atoms with Gasteiger partial charge in [-0.05, 0) is 19.2 Å². The first-order chi connectivity index (χ1) is 9.13. The molecule has 1 rings (SSSR count). The Morgan fingerprint density at radius 2 is 1.86 bits per heavy atom. The van der Waals surface area contributed by atoms with Crippen molar-refractivity contribution in [3.05, 3.63) is 24.5 Å². The minimum atomic E-state index is -0.132. The Bertz CT molecular complexity index is 418. The van der Waals surface area contributed by atoms with Gasteiger partial charge in [-0.3, -0.25) is 14.6 Å². The Balaban J connectivity index is 0. The highest BCUT2D eigenvalue weighted by Crippen LogP contribution is 2.03. The molecule has 1 unspecified atom stereocenters. The molecule has 0 aliphatic heterocycles. The van der Waals surface area contributed by atoms with Gasteiger partial charge in [-0.15, -0.1) is 24.8 Å². The lowest BCUT2D eigenvalue weighted by molar-refractivity contribution is -0.124. The molecular formula is C13H22Cl2N4O2. The summed E-state index contributed by atoms with van der Waals surface area (Å²) < 4.78 is 0. The van der Waals surface area contributed by atoms with Crippen molar-refractivity contribution >= 4 is 42.3 Å². The summed E-state index contributed by atoms with van der Waals surface area (Å²) in [6.07, 6.45) is 3.47. The molecular weight excluding hydrogens is 315 g/mol. The minimum Gasteiger partial charge on any atom is -0.355 e. The predicted molar refractivity (Wildman–Crippen MR) is 88.1 cm³/mol. The third-order valence-electron chi connectivity index (χ3n) is 2.57. The maximum atomic E-state index is 11.6. The molecule has 0 fully saturated rings. The van der Waals surface area contributed by atoms with Crippen molar-refractivity contribution in [1.29, 1.82) is 0 Å². The number of hydrogen-bond acceptors (Lipinski definition) is 4. The number of amides is 2. The summed E-state index contributed by atoms with van der Waals surface area (Å²) in [4.78, 5) is 27.0. The third kappa shape index (κ3) is 9.23. The standard InChI is InChI=1S/C13H20N4O2.2ClH/c1-10(9-14-2)13(19)16-8-5-12(18)17-11-3-6-15-7-4-11;;/h3-4,6-7,10,14H,5,8-9H2,1-2H3,(H,16,19)(H,15,17,18);2*1H. The fraction of sp³-hybridized carbons (Fsp3) is 0.462. The van der Waals surface area contributed by atoms with Crippen LogP contribution in [0.5, 0.6) is 0 Å². The van der Waals surface area contributed by atoms with Crippen LogP contribution in [0.15, 0.2) is 24.5 Å². The van der Waals surface area contributed by atoms with Crippen molar-refractivity contribution in [2.24, 2.45) is 5.92 Å². The zero-order valence-electron chi connectivity index (χ0n) is 12.1. The van der Waals surface area contributed by atoms with Crippen LogP contribution in [0.3, 0.4) is 0 Å². The first-order valence-electron chi connectivity index (χ1n) is 6.25. The summed E-state index contributed by atoms with van der Waals surface area (Å²) in [5.74, 6) is -0.285. The van der Waals surface area contributed by atoms with Crippen LogP contribution in [0.25, 0.3) is 0 Å². The van der Waals surface area contributed by atoms with Crippen molar-refractivity contribution in [2.75, 3.05) is 25.5 Å². The second-order valence-corrected chi connectivity index (χ2v) is 4.28. The molecule has 0 aliphatic rings. The van der Waals surface area contributed by atoms with E-state index in [1.54, 1.807) is 31.6 Å². The van der Waals surface area contributed by atoms with Crippen molar-refractivity contribution in [2.45, 2.75) is 13.3 Å². The molecule has 120 valence electrons. The highest BCUT2D eigenvalue weighted by Gasteiger charge is 2.11. The molecule has 0 aromatic carbocycles. The van der Waals surface area contributed by atoms with E-state index in [4.69, 9.17) is 0 Å². The maximum Gasteiger partial charge on any atom is 0.226 e. The highest BCUT2D eigenvalue weighted by atomic mass is 35.5. The summed E-state index contributed by atoms with van der Waals surface area (Å²) in [7, 11) is 1.80. The Hall–Kier alpha value is -1.37. The topological polar surface area (TPSA) is 83.1 Å². The van der Waals surface area contributed by atoms with Gasteiger partial charge in [0.25, 0.3) is 0 Å². The summed E-state index contributed by atoms with van der Waals surface area (Å²) in [5.41, 5.74) is 0.704. The highest BCUT2D eigenvalue weighted by molar-refractivity contribution is 5.91. The molecule has 0 radical (unpaired) electrons. The summed E-state index contributed by atoms with van der Waals surface area (Å²) in [6, 6.07) is 3.43. The van der Waals surface area contributed by atoms with Crippen molar-refractivity contribution in [1.82, 2.24) is 15.6 Å². The lowest BCUT2D eigenvalue weighted by Gasteiger charge is -2.11. The van der Waals surface area contributed by atoms with Gasteiger partial charge in [0.15, 0.2) is 0 Å². The van der Waals surface area contributed by atoms with Gasteiger partial charge >= 0.3 is 0 Å². The fourth-order valence-electron chi connectivity index (χ4n) is 1.53. The Morgan fingerprint density at radius 3 is 2.43 bits per heavy atom. The van der Waals surface area contributed by atoms with Gasteiger partial charge in [0.05, 0.1) is 0 Å². The molecule has 21 heavy (non-hydrogen) atoms. The number of nitrogens with one attached hydrogen (secondary N) is 3. The number of anilines is 1. The normalized spacial score (nSPS) is 10.6. The minimum absolute atomic E-state index is 0. The van der Waals surface area contributed by atoms with E-state index in [2.05, 4.69) is 20.9 Å². The van der Waals surface area contributed by atoms with Crippen molar-refractivity contribution < 1.29 is 9.59 Å². The number of carbonyl (C=O) groups is 2. The van der Waals surface area contributed by atoms with Crippen molar-refractivity contribution in [3.63, 3.8) is 0 Å². The number of rotatable bonds is 7. The quantitative estimate of drug-likeness (QED) is 0.699. The average Bonchev–Trinajstić information content (AvgIpc) is 2.40. The molecule has 1 aromatic heterocycles. The van der Waals surface area contributed by atoms with E-state index >= 15 is 0 Å². The third-order valence-corrected chi connectivity index (χ3v) is 2.57. The largest absolute Gasteiger partial charge is 0.355 e. The van der Waals surface area contributed by atoms with E-state index in [1.807, 2.05) is 6.92 Å². The second kappa shape index (κ2) is 12.4. The molecule has 3 N–H and O–H groups in total. The van der Waals surface area contributed by atoms with Gasteiger partial charge in [-0.1, -0.05) is 6.92 Å². The summed E-state index contributed by atoms with van der Waals surface area (Å²) >= 11 is 0. The lowest BCUT2D eigenvalue weighted by Crippen LogP contribution is -2.35. The van der Waals surface area contributed by atoms with Gasteiger partial charge in [-0.25, -0.2) is 0 Å². The van der Waals surface area contributed by atoms with Crippen LogP contribution in [0.1, 0.15) is 13.3 Å². The van der Waals surface area contributed by atoms with Crippen LogP contribution in [-0.2, 0) is 9.59 Å². The van der Waals surface area contributed by atoms with E-state index in [0.29, 0.717) is 18.8 Å². The van der Waals surface area contributed by atoms with E-state index in [9.17, 15) is 9.59 Å². The molecule has 0 bridgehead atoms. The first-order valence-corrected chi connectivity index (χ1v) is 6.25. The van der Waals surface area contributed by atoms with Crippen LogP contribution >= 0.6 is 24.8 Å². The van der Waals surface area contributed by atoms with Crippen LogP contribution in [0.2, 0.25) is 0 Å². The van der Waals surface area contributed by atoms with Crippen LogP contribution < -0.4 is 16.0 Å². The number of carbonyl (C=O) groups excluding carboxylic acids is 2. The molecule has 6 nitrogen and oxygen atoms in total. The monoisotopic (exact) mass is 336 g/mol. The fourth-order valence-corrected chi connectivity index (χ4v) is 1.53. The molecule has 8 heteroatoms. The van der Waals surface area contributed by atoms with Crippen LogP contribution in [0, 0.1) is 5.92 Å². The van der Waals surface area contributed by atoms with Crippen LogP contribution in [0.4, 0.5) is 5.69 Å². The summed E-state index contributed by atoms with van der Waals surface area (Å²) in [6.45, 7) is 2.79. The summed E-state index contributed by atoms with van der Waals surface area (Å²) in [5, 5.41) is 8.39. The van der Waals surface area contributed by atoms with Gasteiger partial charge in [0.1, 0.15) is 0 Å². The van der Waals surface area contributed by atoms with E-state index in [-0.39, 0.29) is 49.0 Å². The Kier molecular flexibility index (Phi) is 12.9. The van der Waals surface area contributed by atoms with Crippen LogP contribution in [-0.4, -0.2) is 36.9 Å². The zero-order valence-corrected chi connectivity index (χ0v) is 13.7. The van der Waals surface area contributed by atoms with Gasteiger partial charge < -0.3 is 16.0 Å². The van der Waals surface area contributed by atoms with E-state index in [1.165, 1.54) is 0 Å². The number of pyridine rings is 1. The number of halogens is 2. The predicted octanol–water partition coefficient (Wildman–Crippen LogP) is 1.23. The van der Waals surface area contributed by atoms with Crippen molar-refractivity contribution in [3.8, 4) is 0 Å². The smallest absolute Gasteiger partial charge is 0.226 e. The molecule has 2 amide bonds. The van der Waals surface area contributed by atoms with E-state index in [0.717, 1.165) is 0 Å². The maximum absolute atomic E-state index is 11.6. The van der Waals surface area contributed by atoms with Gasteiger partial charge in [0, 0.05) is 43.5 Å². The molecule has 0 saturated heterocycles. The second-order valence-electron chi connectivity index (χ2n) is 4.28. The number of aromatic nitrogens is 1. The van der Waals surface area contributed by atoms with Gasteiger partial charge in [-0.2, -0.15) is 0 Å². The molecule has 1 atom stereocenters. The average molecular weight is 337 g/mol. The lowest BCUT2D eigenvalue weighted by atomic mass is 10.1.